The Balaban J connectivity index is 2.00. The van der Waals surface area contributed by atoms with Gasteiger partial charge in [-0.15, -0.1) is 0 Å². The minimum atomic E-state index is -0.489. The van der Waals surface area contributed by atoms with Gasteiger partial charge >= 0.3 is 0 Å². The second kappa shape index (κ2) is 7.87. The van der Waals surface area contributed by atoms with Crippen molar-refractivity contribution in [3.8, 4) is 0 Å². The molecule has 0 aromatic rings. The van der Waals surface area contributed by atoms with Crippen LogP contribution in [0.1, 0.15) is 73.1 Å². The van der Waals surface area contributed by atoms with E-state index in [1.807, 2.05) is 0 Å². The Hall–Kier alpha value is -0.860. The molecule has 0 aromatic heterocycles. The average molecular weight is 373 g/mol. The second-order valence-electron chi connectivity index (χ2n) is 10.3. The molecular formula is C25H40O2. The van der Waals surface area contributed by atoms with Gasteiger partial charge in [0.25, 0.3) is 0 Å². The molecule has 7 atom stereocenters. The van der Waals surface area contributed by atoms with Gasteiger partial charge in [-0.1, -0.05) is 56.2 Å². The van der Waals surface area contributed by atoms with Crippen molar-refractivity contribution in [2.45, 2.75) is 85.4 Å². The van der Waals surface area contributed by atoms with E-state index in [2.05, 4.69) is 53.3 Å². The highest BCUT2D eigenvalue weighted by Gasteiger charge is 2.53. The van der Waals surface area contributed by atoms with Crippen LogP contribution in [0.4, 0.5) is 0 Å². The number of aliphatic hydroxyl groups excluding tert-OH is 2. The van der Waals surface area contributed by atoms with Gasteiger partial charge in [-0.2, -0.15) is 0 Å². The second-order valence-corrected chi connectivity index (χ2v) is 10.3. The van der Waals surface area contributed by atoms with Crippen LogP contribution in [0, 0.1) is 35.0 Å². The SMILES string of the molecule is C=C1CCC2/C(C)=C/CC3C(C(C)C)C(O)CC3(C)C(O)/C=C(/C)CCC12. The van der Waals surface area contributed by atoms with Gasteiger partial charge in [0.05, 0.1) is 12.2 Å². The molecule has 2 fully saturated rings. The number of aliphatic hydroxyl groups is 2. The van der Waals surface area contributed by atoms with E-state index in [9.17, 15) is 10.2 Å². The molecule has 2 saturated carbocycles. The number of hydrogen-bond donors (Lipinski definition) is 2. The predicted molar refractivity (Wildman–Crippen MR) is 113 cm³/mol. The van der Waals surface area contributed by atoms with E-state index < -0.39 is 6.10 Å². The summed E-state index contributed by atoms with van der Waals surface area (Å²) in [5.74, 6) is 2.20. The molecule has 2 nitrogen and oxygen atoms in total. The van der Waals surface area contributed by atoms with Gasteiger partial charge in [-0.3, -0.25) is 0 Å². The molecule has 0 aliphatic heterocycles. The van der Waals surface area contributed by atoms with Crippen LogP contribution in [-0.2, 0) is 0 Å². The molecular weight excluding hydrogens is 332 g/mol. The summed E-state index contributed by atoms with van der Waals surface area (Å²) in [5.41, 5.74) is 3.94. The molecule has 0 heterocycles. The Labute approximate surface area is 166 Å². The number of allylic oxidation sites excluding steroid dienone is 4. The first-order chi connectivity index (χ1) is 12.6. The van der Waals surface area contributed by atoms with Crippen molar-refractivity contribution in [1.82, 2.24) is 0 Å². The van der Waals surface area contributed by atoms with Crippen molar-refractivity contribution < 1.29 is 10.2 Å². The fourth-order valence-corrected chi connectivity index (χ4v) is 6.47. The Bertz CT molecular complexity index is 628. The van der Waals surface area contributed by atoms with Gasteiger partial charge in [-0.25, -0.2) is 0 Å². The summed E-state index contributed by atoms with van der Waals surface area (Å²) in [4.78, 5) is 0. The van der Waals surface area contributed by atoms with Crippen LogP contribution in [0.3, 0.4) is 0 Å². The fraction of sp³-hybridized carbons (Fsp3) is 0.760. The minimum absolute atomic E-state index is 0.250. The Morgan fingerprint density at radius 3 is 2.44 bits per heavy atom. The van der Waals surface area contributed by atoms with E-state index in [0.717, 1.165) is 25.7 Å². The van der Waals surface area contributed by atoms with Crippen molar-refractivity contribution in [3.63, 3.8) is 0 Å². The summed E-state index contributed by atoms with van der Waals surface area (Å²) in [6.07, 6.45) is 9.93. The molecule has 7 unspecified atom stereocenters. The minimum Gasteiger partial charge on any atom is -0.393 e. The van der Waals surface area contributed by atoms with Crippen LogP contribution < -0.4 is 0 Å². The molecule has 152 valence electrons. The zero-order valence-corrected chi connectivity index (χ0v) is 18.0. The Morgan fingerprint density at radius 1 is 1.11 bits per heavy atom. The highest BCUT2D eigenvalue weighted by molar-refractivity contribution is 5.21. The third-order valence-corrected chi connectivity index (χ3v) is 8.21. The lowest BCUT2D eigenvalue weighted by atomic mass is 9.68. The lowest BCUT2D eigenvalue weighted by Crippen LogP contribution is -2.37. The Morgan fingerprint density at radius 2 is 1.78 bits per heavy atom. The molecule has 2 heteroatoms. The molecule has 0 bridgehead atoms. The van der Waals surface area contributed by atoms with E-state index in [0.29, 0.717) is 30.1 Å². The van der Waals surface area contributed by atoms with Crippen molar-refractivity contribution in [2.75, 3.05) is 0 Å². The van der Waals surface area contributed by atoms with Crippen LogP contribution in [0.15, 0.2) is 35.5 Å². The molecule has 0 aromatic carbocycles. The number of rotatable bonds is 1. The standard InChI is InChI=1S/C25H40O2/c1-15(2)24-21-12-9-18(5)20-11-8-17(4)19(20)10-7-16(3)13-23(27)25(21,6)14-22(24)26/h9,13,15,19-24,26-27H,4,7-8,10-12,14H2,1-3,5-6H3/b16-13-,18-9+. The van der Waals surface area contributed by atoms with Gasteiger partial charge < -0.3 is 10.2 Å². The van der Waals surface area contributed by atoms with E-state index in [-0.39, 0.29) is 17.4 Å². The zero-order chi connectivity index (χ0) is 19.9. The van der Waals surface area contributed by atoms with E-state index in [4.69, 9.17) is 0 Å². The third kappa shape index (κ3) is 3.85. The molecule has 0 radical (unpaired) electrons. The molecule has 0 saturated heterocycles. The number of hydrogen-bond acceptors (Lipinski definition) is 2. The molecule has 3 rings (SSSR count). The van der Waals surface area contributed by atoms with Gasteiger partial charge in [-0.05, 0) is 82.0 Å². The molecule has 0 spiro atoms. The summed E-state index contributed by atoms with van der Waals surface area (Å²) in [6, 6.07) is 0. The summed E-state index contributed by atoms with van der Waals surface area (Å²) in [5, 5.41) is 22.1. The van der Waals surface area contributed by atoms with E-state index in [1.54, 1.807) is 0 Å². The van der Waals surface area contributed by atoms with Crippen molar-refractivity contribution >= 4 is 0 Å². The quantitative estimate of drug-likeness (QED) is 0.583. The maximum absolute atomic E-state index is 11.2. The van der Waals surface area contributed by atoms with Crippen molar-refractivity contribution in [2.24, 2.45) is 35.0 Å². The van der Waals surface area contributed by atoms with Gasteiger partial charge in [0.2, 0.25) is 0 Å². The highest BCUT2D eigenvalue weighted by atomic mass is 16.3. The molecule has 3 aliphatic carbocycles. The lowest BCUT2D eigenvalue weighted by molar-refractivity contribution is 0.0285. The summed E-state index contributed by atoms with van der Waals surface area (Å²) < 4.78 is 0. The maximum atomic E-state index is 11.2. The highest BCUT2D eigenvalue weighted by Crippen LogP contribution is 2.54. The molecule has 3 aliphatic rings. The van der Waals surface area contributed by atoms with Crippen molar-refractivity contribution in [1.29, 1.82) is 0 Å². The molecule has 0 amide bonds. The van der Waals surface area contributed by atoms with E-state index >= 15 is 0 Å². The van der Waals surface area contributed by atoms with Crippen LogP contribution in [0.25, 0.3) is 0 Å². The van der Waals surface area contributed by atoms with Crippen LogP contribution in [0.2, 0.25) is 0 Å². The summed E-state index contributed by atoms with van der Waals surface area (Å²) in [6.45, 7) is 15.5. The first-order valence-electron chi connectivity index (χ1n) is 11.0. The third-order valence-electron chi connectivity index (χ3n) is 8.21. The largest absolute Gasteiger partial charge is 0.393 e. The summed E-state index contributed by atoms with van der Waals surface area (Å²) >= 11 is 0. The lowest BCUT2D eigenvalue weighted by Gasteiger charge is -2.38. The number of fused-ring (bicyclic) bond motifs is 2. The predicted octanol–water partition coefficient (Wildman–Crippen LogP) is 5.67. The van der Waals surface area contributed by atoms with Crippen LogP contribution in [-0.4, -0.2) is 22.4 Å². The normalized spacial score (nSPS) is 47.3. The topological polar surface area (TPSA) is 40.5 Å². The fourth-order valence-electron chi connectivity index (χ4n) is 6.47. The van der Waals surface area contributed by atoms with Crippen molar-refractivity contribution in [3.05, 3.63) is 35.5 Å². The summed E-state index contributed by atoms with van der Waals surface area (Å²) in [7, 11) is 0. The average Bonchev–Trinajstić information content (AvgIpc) is 3.07. The Kier molecular flexibility index (Phi) is 6.08. The smallest absolute Gasteiger partial charge is 0.0780 e. The first-order valence-corrected chi connectivity index (χ1v) is 11.0. The molecule has 27 heavy (non-hydrogen) atoms. The van der Waals surface area contributed by atoms with Gasteiger partial charge in [0.15, 0.2) is 0 Å². The zero-order valence-electron chi connectivity index (χ0n) is 18.0. The van der Waals surface area contributed by atoms with Crippen LogP contribution >= 0.6 is 0 Å². The first kappa shape index (κ1) is 20.9. The van der Waals surface area contributed by atoms with E-state index in [1.165, 1.54) is 23.1 Å². The maximum Gasteiger partial charge on any atom is 0.0780 e. The van der Waals surface area contributed by atoms with Gasteiger partial charge in [0, 0.05) is 5.41 Å². The molecule has 2 N–H and O–H groups in total. The monoisotopic (exact) mass is 372 g/mol. The van der Waals surface area contributed by atoms with Gasteiger partial charge in [0.1, 0.15) is 0 Å². The van der Waals surface area contributed by atoms with Crippen LogP contribution in [0.5, 0.6) is 0 Å².